The highest BCUT2D eigenvalue weighted by molar-refractivity contribution is 5.50. The van der Waals surface area contributed by atoms with Crippen LogP contribution >= 0.6 is 0 Å². The Kier molecular flexibility index (Phi) is 4.40. The Balaban J connectivity index is 2.72. The molecule has 1 heterocycles. The van der Waals surface area contributed by atoms with E-state index in [9.17, 15) is 0 Å². The summed E-state index contributed by atoms with van der Waals surface area (Å²) in [5.74, 6) is 0. The normalized spacial score (nSPS) is 10.2. The lowest BCUT2D eigenvalue weighted by Gasteiger charge is -2.20. The molecule has 0 atom stereocenters. The molecule has 0 fully saturated rings. The molecule has 0 spiro atoms. The first kappa shape index (κ1) is 11.0. The van der Waals surface area contributed by atoms with Crippen molar-refractivity contribution in [2.45, 2.75) is 26.4 Å². The number of aliphatic hydroxyl groups excluding tert-OH is 1. The molecule has 14 heavy (non-hydrogen) atoms. The van der Waals surface area contributed by atoms with E-state index in [0.717, 1.165) is 24.2 Å². The monoisotopic (exact) mass is 194 g/mol. The predicted octanol–water partition coefficient (Wildman–Crippen LogP) is 1.81. The van der Waals surface area contributed by atoms with Gasteiger partial charge in [0.1, 0.15) is 0 Å². The molecule has 0 aliphatic heterocycles. The molecule has 0 saturated carbocycles. The van der Waals surface area contributed by atoms with E-state index in [0.29, 0.717) is 0 Å². The van der Waals surface area contributed by atoms with Crippen molar-refractivity contribution >= 4 is 5.69 Å². The van der Waals surface area contributed by atoms with Gasteiger partial charge in [0.15, 0.2) is 0 Å². The molecule has 0 radical (unpaired) electrons. The molecule has 0 bridgehead atoms. The molecule has 1 N–H and O–H groups in total. The van der Waals surface area contributed by atoms with E-state index in [1.54, 1.807) is 12.4 Å². The number of aromatic nitrogens is 1. The number of unbranched alkanes of at least 4 members (excludes halogenated alkanes) is 1. The lowest BCUT2D eigenvalue weighted by Crippen LogP contribution is -2.20. The summed E-state index contributed by atoms with van der Waals surface area (Å²) in [6.45, 7) is 3.26. The average molecular weight is 194 g/mol. The number of hydrogen-bond donors (Lipinski definition) is 1. The second kappa shape index (κ2) is 5.60. The number of aliphatic hydroxyl groups is 1. The van der Waals surface area contributed by atoms with E-state index in [1.165, 1.54) is 6.42 Å². The smallest absolute Gasteiger partial charge is 0.0703 e. The quantitative estimate of drug-likeness (QED) is 0.776. The maximum atomic E-state index is 9.14. The maximum Gasteiger partial charge on any atom is 0.0703 e. The highest BCUT2D eigenvalue weighted by atomic mass is 16.3. The first-order valence-corrected chi connectivity index (χ1v) is 5.04. The zero-order valence-corrected chi connectivity index (χ0v) is 8.90. The van der Waals surface area contributed by atoms with Gasteiger partial charge in [0, 0.05) is 25.4 Å². The van der Waals surface area contributed by atoms with E-state index in [2.05, 4.69) is 16.8 Å². The maximum absolute atomic E-state index is 9.14. The van der Waals surface area contributed by atoms with Gasteiger partial charge in [0.05, 0.1) is 18.5 Å². The summed E-state index contributed by atoms with van der Waals surface area (Å²) in [7, 11) is 2.03. The molecule has 0 aliphatic rings. The summed E-state index contributed by atoms with van der Waals surface area (Å²) in [5.41, 5.74) is 1.97. The van der Waals surface area contributed by atoms with Gasteiger partial charge in [0.25, 0.3) is 0 Å². The molecule has 3 heteroatoms. The highest BCUT2D eigenvalue weighted by Crippen LogP contribution is 2.17. The van der Waals surface area contributed by atoms with E-state index in [-0.39, 0.29) is 6.61 Å². The largest absolute Gasteiger partial charge is 0.392 e. The SMILES string of the molecule is CCCCN(C)c1cnccc1CO. The third kappa shape index (κ3) is 2.70. The van der Waals surface area contributed by atoms with Crippen LogP contribution in [0.25, 0.3) is 0 Å². The van der Waals surface area contributed by atoms with Crippen molar-refractivity contribution < 1.29 is 5.11 Å². The minimum Gasteiger partial charge on any atom is -0.392 e. The first-order valence-electron chi connectivity index (χ1n) is 5.04. The van der Waals surface area contributed by atoms with Gasteiger partial charge in [-0.15, -0.1) is 0 Å². The van der Waals surface area contributed by atoms with Gasteiger partial charge >= 0.3 is 0 Å². The molecule has 78 valence electrons. The van der Waals surface area contributed by atoms with Gasteiger partial charge in [-0.25, -0.2) is 0 Å². The molecule has 3 nitrogen and oxygen atoms in total. The van der Waals surface area contributed by atoms with Crippen molar-refractivity contribution in [3.05, 3.63) is 24.0 Å². The Morgan fingerprint density at radius 1 is 1.50 bits per heavy atom. The number of rotatable bonds is 5. The fourth-order valence-electron chi connectivity index (χ4n) is 1.41. The molecule has 0 unspecified atom stereocenters. The van der Waals surface area contributed by atoms with Crippen LogP contribution in [-0.2, 0) is 6.61 Å². The second-order valence-electron chi connectivity index (χ2n) is 3.44. The summed E-state index contributed by atoms with van der Waals surface area (Å²) in [6, 6.07) is 1.86. The van der Waals surface area contributed by atoms with Crippen LogP contribution in [0.1, 0.15) is 25.3 Å². The fourth-order valence-corrected chi connectivity index (χ4v) is 1.41. The zero-order chi connectivity index (χ0) is 10.4. The van der Waals surface area contributed by atoms with Crippen LogP contribution < -0.4 is 4.90 Å². The Morgan fingerprint density at radius 2 is 2.29 bits per heavy atom. The zero-order valence-electron chi connectivity index (χ0n) is 8.90. The van der Waals surface area contributed by atoms with Crippen molar-refractivity contribution in [1.29, 1.82) is 0 Å². The van der Waals surface area contributed by atoms with Crippen LogP contribution in [0.5, 0.6) is 0 Å². The standard InChI is InChI=1S/C11H18N2O/c1-3-4-7-13(2)11-8-12-6-5-10(11)9-14/h5-6,8,14H,3-4,7,9H2,1-2H3. The van der Waals surface area contributed by atoms with E-state index >= 15 is 0 Å². The van der Waals surface area contributed by atoms with Crippen molar-refractivity contribution in [1.82, 2.24) is 4.98 Å². The molecule has 0 aliphatic carbocycles. The van der Waals surface area contributed by atoms with Crippen LogP contribution in [0.2, 0.25) is 0 Å². The average Bonchev–Trinajstić information content (AvgIpc) is 2.25. The van der Waals surface area contributed by atoms with Crippen LogP contribution in [0, 0.1) is 0 Å². The number of pyridine rings is 1. The Labute approximate surface area is 85.4 Å². The van der Waals surface area contributed by atoms with Crippen molar-refractivity contribution in [2.24, 2.45) is 0 Å². The van der Waals surface area contributed by atoms with Gasteiger partial charge in [-0.2, -0.15) is 0 Å². The Hall–Kier alpha value is -1.09. The molecule has 0 saturated heterocycles. The molecular weight excluding hydrogens is 176 g/mol. The van der Waals surface area contributed by atoms with Crippen LogP contribution in [0.3, 0.4) is 0 Å². The fraction of sp³-hybridized carbons (Fsp3) is 0.545. The van der Waals surface area contributed by atoms with Crippen molar-refractivity contribution in [3.8, 4) is 0 Å². The topological polar surface area (TPSA) is 36.4 Å². The van der Waals surface area contributed by atoms with E-state index < -0.39 is 0 Å². The van der Waals surface area contributed by atoms with E-state index in [4.69, 9.17) is 5.11 Å². The third-order valence-corrected chi connectivity index (χ3v) is 2.32. The Bertz CT molecular complexity index is 276. The molecule has 0 aromatic carbocycles. The first-order chi connectivity index (χ1) is 6.79. The number of hydrogen-bond acceptors (Lipinski definition) is 3. The van der Waals surface area contributed by atoms with Gasteiger partial charge < -0.3 is 10.0 Å². The molecule has 0 amide bonds. The molecule has 1 rings (SSSR count). The molecular formula is C11H18N2O. The molecule has 1 aromatic heterocycles. The van der Waals surface area contributed by atoms with Crippen LogP contribution in [0.15, 0.2) is 18.5 Å². The molecule has 1 aromatic rings. The van der Waals surface area contributed by atoms with Crippen molar-refractivity contribution in [2.75, 3.05) is 18.5 Å². The number of nitrogens with zero attached hydrogens (tertiary/aromatic N) is 2. The summed E-state index contributed by atoms with van der Waals surface area (Å²) in [5, 5.41) is 9.14. The van der Waals surface area contributed by atoms with Gasteiger partial charge in [-0.3, -0.25) is 4.98 Å². The van der Waals surface area contributed by atoms with E-state index in [1.807, 2.05) is 13.1 Å². The minimum absolute atomic E-state index is 0.0777. The number of anilines is 1. The summed E-state index contributed by atoms with van der Waals surface area (Å²) in [4.78, 5) is 6.21. The lowest BCUT2D eigenvalue weighted by atomic mass is 10.2. The minimum atomic E-state index is 0.0777. The third-order valence-electron chi connectivity index (χ3n) is 2.32. The van der Waals surface area contributed by atoms with Gasteiger partial charge in [-0.1, -0.05) is 13.3 Å². The summed E-state index contributed by atoms with van der Waals surface area (Å²) >= 11 is 0. The van der Waals surface area contributed by atoms with Gasteiger partial charge in [0.2, 0.25) is 0 Å². The Morgan fingerprint density at radius 3 is 2.93 bits per heavy atom. The highest BCUT2D eigenvalue weighted by Gasteiger charge is 2.05. The summed E-state index contributed by atoms with van der Waals surface area (Å²) < 4.78 is 0. The predicted molar refractivity (Wildman–Crippen MR) is 58.3 cm³/mol. The second-order valence-corrected chi connectivity index (χ2v) is 3.44. The van der Waals surface area contributed by atoms with Crippen LogP contribution in [-0.4, -0.2) is 23.7 Å². The van der Waals surface area contributed by atoms with Gasteiger partial charge in [-0.05, 0) is 12.5 Å². The van der Waals surface area contributed by atoms with Crippen LogP contribution in [0.4, 0.5) is 5.69 Å². The summed E-state index contributed by atoms with van der Waals surface area (Å²) in [6.07, 6.45) is 5.86. The lowest BCUT2D eigenvalue weighted by molar-refractivity contribution is 0.282. The van der Waals surface area contributed by atoms with Crippen molar-refractivity contribution in [3.63, 3.8) is 0 Å².